The molecule has 0 aliphatic rings. The second-order valence-electron chi connectivity index (χ2n) is 18.0. The van der Waals surface area contributed by atoms with Crippen LogP contribution in [0.4, 0.5) is 0 Å². The minimum Gasteiger partial charge on any atom is -0.309 e. The fourth-order valence-electron chi connectivity index (χ4n) is 12.2. The van der Waals surface area contributed by atoms with E-state index in [1.54, 1.807) is 0 Å². The number of benzene rings is 12. The van der Waals surface area contributed by atoms with Gasteiger partial charge in [-0.15, -0.1) is 0 Å². The zero-order chi connectivity index (χ0) is 42.1. The second kappa shape index (κ2) is 12.1. The van der Waals surface area contributed by atoms with E-state index in [1.807, 2.05) is 0 Å². The molecule has 0 fully saturated rings. The van der Waals surface area contributed by atoms with Gasteiger partial charge in [0, 0.05) is 54.5 Å². The van der Waals surface area contributed by atoms with Crippen LogP contribution in [0.3, 0.4) is 0 Å². The monoisotopic (exact) mass is 821 g/mol. The second-order valence-corrected chi connectivity index (χ2v) is 18.0. The molecule has 298 valence electrons. The van der Waals surface area contributed by atoms with E-state index in [0.717, 1.165) is 0 Å². The number of aromatic nitrogens is 3. The minimum absolute atomic E-state index is 1.18. The quantitative estimate of drug-likeness (QED) is 0.125. The predicted molar refractivity (Wildman–Crippen MR) is 276 cm³/mol. The highest BCUT2D eigenvalue weighted by molar-refractivity contribution is 6.33. The summed E-state index contributed by atoms with van der Waals surface area (Å²) in [5.41, 5.74) is 13.4. The number of hydrogen-bond donors (Lipinski definition) is 0. The van der Waals surface area contributed by atoms with Gasteiger partial charge in [0.2, 0.25) is 0 Å². The van der Waals surface area contributed by atoms with Crippen molar-refractivity contribution in [1.82, 2.24) is 13.5 Å². The van der Waals surface area contributed by atoms with Crippen molar-refractivity contribution >= 4 is 125 Å². The first-order valence-corrected chi connectivity index (χ1v) is 22.6. The van der Waals surface area contributed by atoms with Crippen LogP contribution in [0.2, 0.25) is 0 Å². The van der Waals surface area contributed by atoms with Crippen molar-refractivity contribution in [2.24, 2.45) is 0 Å². The SMILES string of the molecule is c1cc2cccc3c4cc(-n5c6ccccc6c6cc(-c7ccc8c(c7)c7ccccc7n8-c7cc8c9ccccc9n9c%10ccccc%10c(c7)c89)ccc65)cc5cccc(c(c1)c23)c54. The van der Waals surface area contributed by atoms with Gasteiger partial charge in [0.05, 0.1) is 38.6 Å². The molecule has 65 heavy (non-hydrogen) atoms. The summed E-state index contributed by atoms with van der Waals surface area (Å²) in [6.45, 7) is 0. The Morgan fingerprint density at radius 2 is 0.615 bits per heavy atom. The fourth-order valence-corrected chi connectivity index (χ4v) is 12.2. The number of fused-ring (bicyclic) bond motifs is 14. The molecular formula is C62H35N3. The van der Waals surface area contributed by atoms with Gasteiger partial charge in [0.1, 0.15) is 0 Å². The first kappa shape index (κ1) is 33.9. The lowest BCUT2D eigenvalue weighted by Gasteiger charge is -2.17. The Kier molecular flexibility index (Phi) is 6.30. The van der Waals surface area contributed by atoms with Crippen molar-refractivity contribution in [3.8, 4) is 22.5 Å². The minimum atomic E-state index is 1.18. The molecule has 3 nitrogen and oxygen atoms in total. The molecule has 0 atom stereocenters. The van der Waals surface area contributed by atoms with Gasteiger partial charge < -0.3 is 13.5 Å². The summed E-state index contributed by atoms with van der Waals surface area (Å²) in [4.78, 5) is 0. The number of para-hydroxylation sites is 4. The molecule has 0 N–H and O–H groups in total. The molecule has 0 aliphatic carbocycles. The van der Waals surface area contributed by atoms with Gasteiger partial charge in [0.25, 0.3) is 0 Å². The Hall–Kier alpha value is -8.66. The van der Waals surface area contributed by atoms with Crippen LogP contribution in [-0.4, -0.2) is 13.5 Å². The Bertz CT molecular complexity index is 4620. The molecule has 4 heterocycles. The lowest BCUT2D eigenvalue weighted by Crippen LogP contribution is -1.95. The summed E-state index contributed by atoms with van der Waals surface area (Å²) < 4.78 is 7.41. The molecule has 4 aromatic heterocycles. The highest BCUT2D eigenvalue weighted by Crippen LogP contribution is 2.45. The van der Waals surface area contributed by atoms with Gasteiger partial charge in [-0.05, 0) is 127 Å². The van der Waals surface area contributed by atoms with Crippen LogP contribution in [0.1, 0.15) is 0 Å². The van der Waals surface area contributed by atoms with E-state index >= 15 is 0 Å². The molecule has 12 aromatic carbocycles. The summed E-state index contributed by atoms with van der Waals surface area (Å²) in [5, 5.41) is 20.6. The molecule has 0 aliphatic heterocycles. The normalized spacial score (nSPS) is 12.6. The zero-order valence-electron chi connectivity index (χ0n) is 35.0. The maximum absolute atomic E-state index is 2.48. The van der Waals surface area contributed by atoms with Crippen molar-refractivity contribution in [1.29, 1.82) is 0 Å². The topological polar surface area (TPSA) is 14.3 Å². The highest BCUT2D eigenvalue weighted by atomic mass is 15.0. The van der Waals surface area contributed by atoms with Crippen LogP contribution in [0, 0.1) is 0 Å². The third kappa shape index (κ3) is 4.30. The molecule has 0 radical (unpaired) electrons. The van der Waals surface area contributed by atoms with Gasteiger partial charge >= 0.3 is 0 Å². The molecule has 0 bridgehead atoms. The van der Waals surface area contributed by atoms with Crippen LogP contribution in [0.25, 0.3) is 147 Å². The standard InChI is InChI=1S/C62H35N3/c1-5-22-54-42(15-1)49-31-37(26-28-58(49)63(54)40-30-39-14-11-20-47-46-19-9-12-36-13-10-21-48(60(36)46)51(33-40)61(39)47)38-27-29-59-50(32-38)43-16-2-6-23-55(43)64(59)41-34-52-44-17-3-7-24-56(44)65-57-25-8-4-18-45(57)53(35-41)62(52)65/h1-35H. The Labute approximate surface area is 371 Å². The van der Waals surface area contributed by atoms with E-state index in [4.69, 9.17) is 0 Å². The smallest absolute Gasteiger partial charge is 0.0622 e. The van der Waals surface area contributed by atoms with Gasteiger partial charge in [-0.3, -0.25) is 0 Å². The molecule has 0 saturated carbocycles. The average Bonchev–Trinajstić information content (AvgIpc) is 4.09. The molecule has 0 saturated heterocycles. The van der Waals surface area contributed by atoms with E-state index in [2.05, 4.69) is 226 Å². The third-order valence-electron chi connectivity index (χ3n) is 14.8. The van der Waals surface area contributed by atoms with E-state index in [0.29, 0.717) is 0 Å². The lowest BCUT2D eigenvalue weighted by molar-refractivity contribution is 1.19. The summed E-state index contributed by atoms with van der Waals surface area (Å²) in [6, 6.07) is 79.6. The Balaban J connectivity index is 0.899. The van der Waals surface area contributed by atoms with Crippen molar-refractivity contribution < 1.29 is 0 Å². The number of hydrogen-bond acceptors (Lipinski definition) is 0. The van der Waals surface area contributed by atoms with Crippen molar-refractivity contribution in [3.63, 3.8) is 0 Å². The van der Waals surface area contributed by atoms with Crippen molar-refractivity contribution in [2.75, 3.05) is 0 Å². The van der Waals surface area contributed by atoms with E-state index in [-0.39, 0.29) is 0 Å². The summed E-state index contributed by atoms with van der Waals surface area (Å²) in [5.74, 6) is 0. The van der Waals surface area contributed by atoms with Gasteiger partial charge in [-0.2, -0.15) is 0 Å². The Morgan fingerprint density at radius 3 is 1.15 bits per heavy atom. The van der Waals surface area contributed by atoms with E-state index < -0.39 is 0 Å². The lowest BCUT2D eigenvalue weighted by atomic mass is 9.89. The largest absolute Gasteiger partial charge is 0.309 e. The fraction of sp³-hybridized carbons (Fsp3) is 0. The first-order valence-electron chi connectivity index (χ1n) is 22.6. The molecule has 0 spiro atoms. The highest BCUT2D eigenvalue weighted by Gasteiger charge is 2.22. The number of nitrogens with zero attached hydrogens (tertiary/aromatic N) is 3. The molecule has 0 amide bonds. The van der Waals surface area contributed by atoms with Crippen molar-refractivity contribution in [2.45, 2.75) is 0 Å². The van der Waals surface area contributed by atoms with Gasteiger partial charge in [0.15, 0.2) is 0 Å². The number of rotatable bonds is 3. The zero-order valence-corrected chi connectivity index (χ0v) is 35.0. The summed E-state index contributed by atoms with van der Waals surface area (Å²) in [7, 11) is 0. The van der Waals surface area contributed by atoms with Crippen LogP contribution < -0.4 is 0 Å². The van der Waals surface area contributed by atoms with Crippen LogP contribution in [-0.2, 0) is 0 Å². The average molecular weight is 822 g/mol. The summed E-state index contributed by atoms with van der Waals surface area (Å²) >= 11 is 0. The van der Waals surface area contributed by atoms with E-state index in [1.165, 1.54) is 147 Å². The molecule has 3 heteroatoms. The first-order chi connectivity index (χ1) is 32.2. The summed E-state index contributed by atoms with van der Waals surface area (Å²) in [6.07, 6.45) is 0. The Morgan fingerprint density at radius 1 is 0.231 bits per heavy atom. The molecular weight excluding hydrogens is 787 g/mol. The van der Waals surface area contributed by atoms with Gasteiger partial charge in [-0.25, -0.2) is 0 Å². The predicted octanol–water partition coefficient (Wildman–Crippen LogP) is 16.7. The maximum atomic E-state index is 2.48. The van der Waals surface area contributed by atoms with Crippen molar-refractivity contribution in [3.05, 3.63) is 212 Å². The van der Waals surface area contributed by atoms with Crippen LogP contribution >= 0.6 is 0 Å². The van der Waals surface area contributed by atoms with Crippen LogP contribution in [0.15, 0.2) is 212 Å². The molecule has 16 rings (SSSR count). The maximum Gasteiger partial charge on any atom is 0.0622 e. The van der Waals surface area contributed by atoms with E-state index in [9.17, 15) is 0 Å². The molecule has 16 aromatic rings. The van der Waals surface area contributed by atoms with Gasteiger partial charge in [-0.1, -0.05) is 140 Å². The molecule has 0 unspecified atom stereocenters. The third-order valence-corrected chi connectivity index (χ3v) is 14.8. The van der Waals surface area contributed by atoms with Crippen LogP contribution in [0.5, 0.6) is 0 Å².